The number of hydrogen-bond donors (Lipinski definition) is 3. The maximum Gasteiger partial charge on any atom is 0.101 e. The van der Waals surface area contributed by atoms with Gasteiger partial charge in [0.2, 0.25) is 0 Å². The summed E-state index contributed by atoms with van der Waals surface area (Å²) in [7, 11) is 0. The molecule has 3 heteroatoms. The van der Waals surface area contributed by atoms with Gasteiger partial charge in [0.25, 0.3) is 0 Å². The van der Waals surface area contributed by atoms with E-state index in [0.29, 0.717) is 0 Å². The lowest BCUT2D eigenvalue weighted by Crippen LogP contribution is -3.13. The fourth-order valence-corrected chi connectivity index (χ4v) is 3.61. The maximum atomic E-state index is 9.00. The lowest BCUT2D eigenvalue weighted by atomic mass is 10.0. The molecule has 0 unspecified atom stereocenters. The van der Waals surface area contributed by atoms with Crippen LogP contribution in [0.2, 0.25) is 0 Å². The molecule has 0 aliphatic heterocycles. The molecule has 0 bridgehead atoms. The summed E-state index contributed by atoms with van der Waals surface area (Å²) in [6.07, 6.45) is 22.4. The second kappa shape index (κ2) is 21.9. The molecule has 0 heterocycles. The first kappa shape index (κ1) is 24.9. The van der Waals surface area contributed by atoms with Gasteiger partial charge in [-0.25, -0.2) is 0 Å². The lowest BCUT2D eigenvalue weighted by Gasteiger charge is -2.17. The predicted octanol–water partition coefficient (Wildman–Crippen LogP) is 4.12. The van der Waals surface area contributed by atoms with Crippen LogP contribution in [0.3, 0.4) is 0 Å². The molecule has 0 aliphatic rings. The Morgan fingerprint density at radius 2 is 0.760 bits per heavy atom. The van der Waals surface area contributed by atoms with Crippen LogP contribution in [0.1, 0.15) is 110 Å². The first-order chi connectivity index (χ1) is 12.3. The lowest BCUT2D eigenvalue weighted by molar-refractivity contribution is -0.901. The van der Waals surface area contributed by atoms with Gasteiger partial charge in [0.05, 0.1) is 19.8 Å². The van der Waals surface area contributed by atoms with Crippen molar-refractivity contribution in [1.29, 1.82) is 0 Å². The summed E-state index contributed by atoms with van der Waals surface area (Å²) in [5.41, 5.74) is 0. The number of unbranched alkanes of at least 4 members (excludes halogenated alkanes) is 15. The van der Waals surface area contributed by atoms with Crippen molar-refractivity contribution in [1.82, 2.24) is 0 Å². The van der Waals surface area contributed by atoms with Crippen LogP contribution in [0.5, 0.6) is 0 Å². The van der Waals surface area contributed by atoms with Crippen molar-refractivity contribution in [3.63, 3.8) is 0 Å². The molecule has 0 amide bonds. The molecule has 0 saturated carbocycles. The molecule has 152 valence electrons. The van der Waals surface area contributed by atoms with Crippen LogP contribution in [0.25, 0.3) is 0 Å². The van der Waals surface area contributed by atoms with Crippen LogP contribution in [-0.2, 0) is 0 Å². The van der Waals surface area contributed by atoms with Gasteiger partial charge in [-0.15, -0.1) is 0 Å². The van der Waals surface area contributed by atoms with E-state index < -0.39 is 0 Å². The van der Waals surface area contributed by atoms with E-state index in [2.05, 4.69) is 6.92 Å². The van der Waals surface area contributed by atoms with Crippen molar-refractivity contribution in [2.24, 2.45) is 0 Å². The molecule has 0 atom stereocenters. The Bertz CT molecular complexity index is 230. The van der Waals surface area contributed by atoms with Gasteiger partial charge in [-0.3, -0.25) is 0 Å². The minimum absolute atomic E-state index is 0.230. The number of nitrogens with one attached hydrogen (secondary N) is 1. The Morgan fingerprint density at radius 3 is 1.08 bits per heavy atom. The van der Waals surface area contributed by atoms with Crippen molar-refractivity contribution in [3.05, 3.63) is 0 Å². The molecular formula is C22H48NO2+. The van der Waals surface area contributed by atoms with Crippen molar-refractivity contribution in [2.45, 2.75) is 110 Å². The molecular weight excluding hydrogens is 310 g/mol. The Balaban J connectivity index is 3.13. The fraction of sp³-hybridized carbons (Fsp3) is 1.00. The van der Waals surface area contributed by atoms with E-state index >= 15 is 0 Å². The van der Waals surface area contributed by atoms with Crippen LogP contribution in [0.4, 0.5) is 0 Å². The largest absolute Gasteiger partial charge is 0.391 e. The normalized spacial score (nSPS) is 11.5. The van der Waals surface area contributed by atoms with E-state index in [1.807, 2.05) is 0 Å². The molecule has 0 aromatic carbocycles. The molecule has 0 fully saturated rings. The summed E-state index contributed by atoms with van der Waals surface area (Å²) in [5, 5.41) is 18.0. The summed E-state index contributed by atoms with van der Waals surface area (Å²) in [6, 6.07) is 0. The minimum atomic E-state index is 0.230. The molecule has 0 aromatic rings. The second-order valence-corrected chi connectivity index (χ2v) is 7.75. The first-order valence-corrected chi connectivity index (χ1v) is 11.4. The van der Waals surface area contributed by atoms with Crippen molar-refractivity contribution >= 4 is 0 Å². The van der Waals surface area contributed by atoms with Crippen LogP contribution >= 0.6 is 0 Å². The van der Waals surface area contributed by atoms with E-state index in [1.54, 1.807) is 0 Å². The predicted molar refractivity (Wildman–Crippen MR) is 109 cm³/mol. The highest BCUT2D eigenvalue weighted by Gasteiger charge is 2.05. The average molecular weight is 359 g/mol. The van der Waals surface area contributed by atoms with Crippen LogP contribution < -0.4 is 4.90 Å². The highest BCUT2D eigenvalue weighted by Crippen LogP contribution is 2.13. The van der Waals surface area contributed by atoms with Crippen LogP contribution in [0, 0.1) is 0 Å². The molecule has 0 spiro atoms. The summed E-state index contributed by atoms with van der Waals surface area (Å²) >= 11 is 0. The molecule has 0 aliphatic carbocycles. The third-order valence-corrected chi connectivity index (χ3v) is 5.31. The van der Waals surface area contributed by atoms with Gasteiger partial charge in [-0.1, -0.05) is 96.8 Å². The summed E-state index contributed by atoms with van der Waals surface area (Å²) in [4.78, 5) is 1.34. The van der Waals surface area contributed by atoms with Crippen LogP contribution in [0.15, 0.2) is 0 Å². The molecule has 0 radical (unpaired) electrons. The van der Waals surface area contributed by atoms with Gasteiger partial charge >= 0.3 is 0 Å². The molecule has 3 N–H and O–H groups in total. The van der Waals surface area contributed by atoms with Crippen molar-refractivity contribution in [2.75, 3.05) is 32.8 Å². The Kier molecular flexibility index (Phi) is 21.8. The Hall–Kier alpha value is -0.120. The van der Waals surface area contributed by atoms with Gasteiger partial charge < -0.3 is 15.1 Å². The third-order valence-electron chi connectivity index (χ3n) is 5.31. The standard InChI is InChI=1S/C22H47NO2/c1-2-3-4-5-6-7-8-9-10-11-12-13-14-15-16-17-18-23(19-21-24)20-22-25/h24-25H,2-22H2,1H3/p+1. The third kappa shape index (κ3) is 20.0. The van der Waals surface area contributed by atoms with E-state index in [0.717, 1.165) is 19.6 Å². The number of quaternary nitrogens is 1. The summed E-state index contributed by atoms with van der Waals surface area (Å²) in [5.74, 6) is 0. The van der Waals surface area contributed by atoms with Gasteiger partial charge in [0.1, 0.15) is 13.1 Å². The van der Waals surface area contributed by atoms with E-state index in [-0.39, 0.29) is 13.2 Å². The Morgan fingerprint density at radius 1 is 0.440 bits per heavy atom. The fourth-order valence-electron chi connectivity index (χ4n) is 3.61. The van der Waals surface area contributed by atoms with E-state index in [9.17, 15) is 0 Å². The van der Waals surface area contributed by atoms with Gasteiger partial charge in [0.15, 0.2) is 0 Å². The topological polar surface area (TPSA) is 44.9 Å². The van der Waals surface area contributed by atoms with E-state index in [4.69, 9.17) is 10.2 Å². The Labute approximate surface area is 158 Å². The van der Waals surface area contributed by atoms with Gasteiger partial charge in [-0.2, -0.15) is 0 Å². The zero-order valence-electron chi connectivity index (χ0n) is 17.2. The highest BCUT2D eigenvalue weighted by atomic mass is 16.3. The van der Waals surface area contributed by atoms with Crippen LogP contribution in [-0.4, -0.2) is 43.1 Å². The molecule has 0 aromatic heterocycles. The molecule has 0 rings (SSSR count). The number of aliphatic hydroxyl groups is 2. The monoisotopic (exact) mass is 358 g/mol. The second-order valence-electron chi connectivity index (χ2n) is 7.75. The summed E-state index contributed by atoms with van der Waals surface area (Å²) in [6.45, 7) is 5.40. The molecule has 0 saturated heterocycles. The molecule has 3 nitrogen and oxygen atoms in total. The van der Waals surface area contributed by atoms with Gasteiger partial charge in [0, 0.05) is 0 Å². The van der Waals surface area contributed by atoms with Crippen molar-refractivity contribution in [3.8, 4) is 0 Å². The average Bonchev–Trinajstić information content (AvgIpc) is 2.61. The smallest absolute Gasteiger partial charge is 0.101 e. The zero-order chi connectivity index (χ0) is 18.4. The SMILES string of the molecule is CCCCCCCCCCCCCCCCCC[NH+](CCO)CCO. The highest BCUT2D eigenvalue weighted by molar-refractivity contribution is 4.50. The van der Waals surface area contributed by atoms with Gasteiger partial charge in [-0.05, 0) is 12.8 Å². The number of rotatable bonds is 21. The maximum absolute atomic E-state index is 9.00. The minimum Gasteiger partial charge on any atom is -0.391 e. The number of hydrogen-bond acceptors (Lipinski definition) is 2. The first-order valence-electron chi connectivity index (χ1n) is 11.4. The quantitative estimate of drug-likeness (QED) is 0.270. The molecule has 25 heavy (non-hydrogen) atoms. The number of aliphatic hydroxyl groups excluding tert-OH is 2. The summed E-state index contributed by atoms with van der Waals surface area (Å²) < 4.78 is 0. The van der Waals surface area contributed by atoms with E-state index in [1.165, 1.54) is 108 Å². The van der Waals surface area contributed by atoms with Crippen molar-refractivity contribution < 1.29 is 15.1 Å². The zero-order valence-corrected chi connectivity index (χ0v) is 17.2.